The van der Waals surface area contributed by atoms with E-state index in [1.807, 2.05) is 10.9 Å². The molecule has 8 nitrogen and oxygen atoms in total. The van der Waals surface area contributed by atoms with Crippen LogP contribution in [0.1, 0.15) is 44.0 Å². The summed E-state index contributed by atoms with van der Waals surface area (Å²) in [7, 11) is 0. The van der Waals surface area contributed by atoms with Crippen LogP contribution in [-0.4, -0.2) is 31.8 Å². The number of hydrogen-bond acceptors (Lipinski definition) is 6. The largest absolute Gasteiger partial charge is 0.323 e. The zero-order valence-corrected chi connectivity index (χ0v) is 15.0. The molecule has 3 rings (SSSR count). The molecule has 0 radical (unpaired) electrons. The van der Waals surface area contributed by atoms with E-state index in [0.717, 1.165) is 30.3 Å². The molecule has 0 aliphatic heterocycles. The quantitative estimate of drug-likeness (QED) is 0.713. The van der Waals surface area contributed by atoms with Crippen LogP contribution < -0.4 is 10.6 Å². The van der Waals surface area contributed by atoms with Gasteiger partial charge in [0, 0.05) is 32.0 Å². The average molecular weight is 362 g/mol. The molecule has 2 amide bonds. The Hall–Kier alpha value is -2.29. The number of hydrogen-bond donors (Lipinski definition) is 2. The maximum atomic E-state index is 11.9. The Bertz CT molecular complexity index is 737. The fraction of sp³-hybridized carbons (Fsp3) is 0.562. The molecule has 0 bridgehead atoms. The second-order valence-corrected chi connectivity index (χ2v) is 7.30. The van der Waals surface area contributed by atoms with Crippen molar-refractivity contribution in [1.82, 2.24) is 20.0 Å². The highest BCUT2D eigenvalue weighted by Gasteiger charge is 2.22. The van der Waals surface area contributed by atoms with Crippen LogP contribution >= 0.6 is 11.3 Å². The standard InChI is InChI=1S/C16H22N6O2S/c1-2-3-15-20-21-16(25-15)19-14(24)7-6-13(23)18-12-8-17-22(10-12)9-11-4-5-11/h8,10-11H,2-7,9H2,1H3,(H,18,23)(H,19,21,24). The third kappa shape index (κ3) is 5.63. The SMILES string of the molecule is CCCc1nnc(NC(=O)CCC(=O)Nc2cnn(CC3CC3)c2)s1. The van der Waals surface area contributed by atoms with Gasteiger partial charge in [-0.05, 0) is 25.2 Å². The minimum atomic E-state index is -0.237. The Kier molecular flexibility index (Phi) is 5.75. The van der Waals surface area contributed by atoms with Gasteiger partial charge < -0.3 is 10.6 Å². The third-order valence-electron chi connectivity index (χ3n) is 3.82. The molecule has 25 heavy (non-hydrogen) atoms. The lowest BCUT2D eigenvalue weighted by Crippen LogP contribution is -2.17. The Labute approximate surface area is 150 Å². The van der Waals surface area contributed by atoms with Crippen LogP contribution in [-0.2, 0) is 22.6 Å². The summed E-state index contributed by atoms with van der Waals surface area (Å²) in [6.07, 6.45) is 8.02. The molecule has 2 aromatic heterocycles. The zero-order chi connectivity index (χ0) is 17.6. The van der Waals surface area contributed by atoms with Gasteiger partial charge in [-0.15, -0.1) is 10.2 Å². The molecular weight excluding hydrogens is 340 g/mol. The number of carbonyl (C=O) groups is 2. The third-order valence-corrected chi connectivity index (χ3v) is 4.71. The van der Waals surface area contributed by atoms with Crippen molar-refractivity contribution < 1.29 is 9.59 Å². The molecule has 0 aromatic carbocycles. The molecule has 2 heterocycles. The molecule has 9 heteroatoms. The summed E-state index contributed by atoms with van der Waals surface area (Å²) in [4.78, 5) is 23.8. The van der Waals surface area contributed by atoms with E-state index < -0.39 is 0 Å². The Morgan fingerprint density at radius 2 is 2.00 bits per heavy atom. The molecular formula is C16H22N6O2S. The predicted molar refractivity (Wildman–Crippen MR) is 95.3 cm³/mol. The zero-order valence-electron chi connectivity index (χ0n) is 14.2. The smallest absolute Gasteiger partial charge is 0.226 e. The lowest BCUT2D eigenvalue weighted by atomic mass is 10.3. The molecule has 1 aliphatic carbocycles. The van der Waals surface area contributed by atoms with Crippen molar-refractivity contribution in [3.8, 4) is 0 Å². The number of anilines is 2. The molecule has 1 aliphatic rings. The van der Waals surface area contributed by atoms with E-state index in [-0.39, 0.29) is 24.7 Å². The van der Waals surface area contributed by atoms with Crippen LogP contribution in [0, 0.1) is 5.92 Å². The first-order valence-electron chi connectivity index (χ1n) is 8.57. The number of carbonyl (C=O) groups excluding carboxylic acids is 2. The fourth-order valence-electron chi connectivity index (χ4n) is 2.34. The van der Waals surface area contributed by atoms with Gasteiger partial charge in [-0.2, -0.15) is 5.10 Å². The Morgan fingerprint density at radius 1 is 1.24 bits per heavy atom. The summed E-state index contributed by atoms with van der Waals surface area (Å²) < 4.78 is 1.85. The van der Waals surface area contributed by atoms with E-state index in [1.165, 1.54) is 24.2 Å². The number of nitrogens with zero attached hydrogens (tertiary/aromatic N) is 4. The van der Waals surface area contributed by atoms with Gasteiger partial charge in [0.25, 0.3) is 0 Å². The molecule has 0 saturated heterocycles. The first-order chi connectivity index (χ1) is 12.1. The van der Waals surface area contributed by atoms with Gasteiger partial charge in [-0.25, -0.2) is 0 Å². The molecule has 1 fully saturated rings. The summed E-state index contributed by atoms with van der Waals surface area (Å²) in [6.45, 7) is 2.97. The number of rotatable bonds is 9. The van der Waals surface area contributed by atoms with E-state index in [4.69, 9.17) is 0 Å². The van der Waals surface area contributed by atoms with Crippen LogP contribution in [0.5, 0.6) is 0 Å². The van der Waals surface area contributed by atoms with Crippen molar-refractivity contribution in [2.45, 2.75) is 52.0 Å². The number of aromatic nitrogens is 4. The van der Waals surface area contributed by atoms with E-state index >= 15 is 0 Å². The van der Waals surface area contributed by atoms with E-state index in [1.54, 1.807) is 6.20 Å². The summed E-state index contributed by atoms with van der Waals surface area (Å²) >= 11 is 1.37. The average Bonchev–Trinajstić information content (AvgIpc) is 3.11. The number of aryl methyl sites for hydroxylation is 1. The van der Waals surface area contributed by atoms with Gasteiger partial charge in [0.2, 0.25) is 16.9 Å². The normalized spacial score (nSPS) is 13.6. The lowest BCUT2D eigenvalue weighted by Gasteiger charge is -2.03. The highest BCUT2D eigenvalue weighted by atomic mass is 32.1. The molecule has 1 saturated carbocycles. The van der Waals surface area contributed by atoms with Gasteiger partial charge in [0.15, 0.2) is 0 Å². The topological polar surface area (TPSA) is 102 Å². The monoisotopic (exact) mass is 362 g/mol. The van der Waals surface area contributed by atoms with Gasteiger partial charge >= 0.3 is 0 Å². The summed E-state index contributed by atoms with van der Waals surface area (Å²) in [5, 5.41) is 19.0. The Balaban J connectivity index is 1.38. The van der Waals surface area contributed by atoms with Crippen molar-refractivity contribution >= 4 is 34.0 Å². The first kappa shape index (κ1) is 17.5. The van der Waals surface area contributed by atoms with E-state index in [9.17, 15) is 9.59 Å². The molecule has 0 spiro atoms. The minimum Gasteiger partial charge on any atom is -0.323 e. The molecule has 0 unspecified atom stereocenters. The maximum absolute atomic E-state index is 11.9. The summed E-state index contributed by atoms with van der Waals surface area (Å²) in [5.41, 5.74) is 0.666. The highest BCUT2D eigenvalue weighted by Crippen LogP contribution is 2.30. The number of nitrogens with one attached hydrogen (secondary N) is 2. The van der Waals surface area contributed by atoms with Gasteiger partial charge in [0.1, 0.15) is 5.01 Å². The van der Waals surface area contributed by atoms with Gasteiger partial charge in [-0.1, -0.05) is 18.3 Å². The van der Waals surface area contributed by atoms with Crippen LogP contribution in [0.25, 0.3) is 0 Å². The molecule has 2 N–H and O–H groups in total. The van der Waals surface area contributed by atoms with E-state index in [2.05, 4.69) is 32.9 Å². The van der Waals surface area contributed by atoms with Crippen LogP contribution in [0.4, 0.5) is 10.8 Å². The second-order valence-electron chi connectivity index (χ2n) is 6.24. The number of amides is 2. The van der Waals surface area contributed by atoms with E-state index in [0.29, 0.717) is 10.8 Å². The summed E-state index contributed by atoms with van der Waals surface area (Å²) in [6, 6.07) is 0. The van der Waals surface area contributed by atoms with Crippen LogP contribution in [0.3, 0.4) is 0 Å². The molecule has 2 aromatic rings. The molecule has 0 atom stereocenters. The van der Waals surface area contributed by atoms with Crippen molar-refractivity contribution in [3.05, 3.63) is 17.4 Å². The lowest BCUT2D eigenvalue weighted by molar-refractivity contribution is -0.121. The van der Waals surface area contributed by atoms with Crippen molar-refractivity contribution in [2.24, 2.45) is 5.92 Å². The van der Waals surface area contributed by atoms with Crippen molar-refractivity contribution in [2.75, 3.05) is 10.6 Å². The first-order valence-corrected chi connectivity index (χ1v) is 9.38. The second kappa shape index (κ2) is 8.19. The highest BCUT2D eigenvalue weighted by molar-refractivity contribution is 7.15. The Morgan fingerprint density at radius 3 is 2.72 bits per heavy atom. The van der Waals surface area contributed by atoms with Gasteiger partial charge in [0.05, 0.1) is 11.9 Å². The van der Waals surface area contributed by atoms with Crippen LogP contribution in [0.15, 0.2) is 12.4 Å². The summed E-state index contributed by atoms with van der Waals surface area (Å²) in [5.74, 6) is 0.286. The minimum absolute atomic E-state index is 0.102. The van der Waals surface area contributed by atoms with Crippen molar-refractivity contribution in [1.29, 1.82) is 0 Å². The molecule has 134 valence electrons. The maximum Gasteiger partial charge on any atom is 0.226 e. The predicted octanol–water partition coefficient (Wildman–Crippen LogP) is 2.45. The van der Waals surface area contributed by atoms with Crippen molar-refractivity contribution in [3.63, 3.8) is 0 Å². The fourth-order valence-corrected chi connectivity index (χ4v) is 3.20. The van der Waals surface area contributed by atoms with Gasteiger partial charge in [-0.3, -0.25) is 14.3 Å². The van der Waals surface area contributed by atoms with Crippen LogP contribution in [0.2, 0.25) is 0 Å².